The van der Waals surface area contributed by atoms with E-state index in [0.29, 0.717) is 12.8 Å². The lowest BCUT2D eigenvalue weighted by atomic mass is 9.70. The van der Waals surface area contributed by atoms with Crippen LogP contribution in [-0.2, 0) is 14.3 Å². The number of rotatable bonds is 2. The maximum absolute atomic E-state index is 12.2. The van der Waals surface area contributed by atoms with Crippen molar-refractivity contribution < 1.29 is 14.3 Å². The van der Waals surface area contributed by atoms with Gasteiger partial charge in [-0.15, -0.1) is 6.58 Å². The van der Waals surface area contributed by atoms with Crippen LogP contribution in [0.5, 0.6) is 0 Å². The third kappa shape index (κ3) is 3.38. The molecule has 0 amide bonds. The van der Waals surface area contributed by atoms with Gasteiger partial charge in [-0.1, -0.05) is 18.6 Å². The van der Waals surface area contributed by atoms with E-state index in [4.69, 9.17) is 4.74 Å². The first kappa shape index (κ1) is 16.7. The number of carbonyl (C=O) groups excluding carboxylic acids is 2. The maximum Gasteiger partial charge on any atom is 0.311 e. The Kier molecular flexibility index (Phi) is 4.62. The molecule has 3 heteroatoms. The van der Waals surface area contributed by atoms with E-state index in [1.54, 1.807) is 6.08 Å². The number of ketones is 1. The summed E-state index contributed by atoms with van der Waals surface area (Å²) in [5.41, 5.74) is 0.750. The van der Waals surface area contributed by atoms with E-state index in [2.05, 4.69) is 6.58 Å². The van der Waals surface area contributed by atoms with Crippen molar-refractivity contribution in [3.8, 4) is 0 Å². The summed E-state index contributed by atoms with van der Waals surface area (Å²) in [4.78, 5) is 24.3. The van der Waals surface area contributed by atoms with Crippen LogP contribution in [0, 0.1) is 10.8 Å². The van der Waals surface area contributed by atoms with E-state index < -0.39 is 10.8 Å². The third-order valence-electron chi connectivity index (χ3n) is 3.93. The molecule has 0 aliphatic heterocycles. The van der Waals surface area contributed by atoms with Gasteiger partial charge in [0, 0.05) is 18.3 Å². The topological polar surface area (TPSA) is 43.4 Å². The van der Waals surface area contributed by atoms with Crippen LogP contribution in [0.1, 0.15) is 54.4 Å². The number of allylic oxidation sites excluding steroid dienone is 1. The zero-order chi connectivity index (χ0) is 15.7. The van der Waals surface area contributed by atoms with Crippen LogP contribution in [0.4, 0.5) is 0 Å². The molecular weight excluding hydrogens is 252 g/mol. The minimum atomic E-state index is -0.547. The second-order valence-corrected chi connectivity index (χ2v) is 7.14. The lowest BCUT2D eigenvalue weighted by Crippen LogP contribution is -2.43. The van der Waals surface area contributed by atoms with Gasteiger partial charge in [0.2, 0.25) is 0 Å². The molecule has 0 aromatic rings. The zero-order valence-corrected chi connectivity index (χ0v) is 13.5. The SMILES string of the molecule is C=C[C@]1(C)CC(=O)C(=C(C)C)C[C@H]1OC(=O)C(C)(C)C. The van der Waals surface area contributed by atoms with Crippen molar-refractivity contribution >= 4 is 11.8 Å². The molecule has 0 bridgehead atoms. The highest BCUT2D eigenvalue weighted by Gasteiger charge is 2.43. The minimum Gasteiger partial charge on any atom is -0.461 e. The van der Waals surface area contributed by atoms with Crippen molar-refractivity contribution in [1.82, 2.24) is 0 Å². The molecule has 0 unspecified atom stereocenters. The summed E-state index contributed by atoms with van der Waals surface area (Å²) in [6, 6.07) is 0. The average molecular weight is 278 g/mol. The molecular formula is C17H26O3. The Bertz CT molecular complexity index is 461. The predicted molar refractivity (Wildman–Crippen MR) is 80.3 cm³/mol. The first-order valence-corrected chi connectivity index (χ1v) is 7.05. The third-order valence-corrected chi connectivity index (χ3v) is 3.93. The lowest BCUT2D eigenvalue weighted by molar-refractivity contribution is -0.165. The molecule has 1 aliphatic carbocycles. The van der Waals surface area contributed by atoms with Gasteiger partial charge >= 0.3 is 5.97 Å². The van der Waals surface area contributed by atoms with Gasteiger partial charge in [-0.05, 0) is 40.2 Å². The van der Waals surface area contributed by atoms with Gasteiger partial charge in [0.1, 0.15) is 6.10 Å². The fourth-order valence-electron chi connectivity index (χ4n) is 2.27. The van der Waals surface area contributed by atoms with Crippen molar-refractivity contribution in [2.75, 3.05) is 0 Å². The molecule has 1 fully saturated rings. The highest BCUT2D eigenvalue weighted by atomic mass is 16.5. The van der Waals surface area contributed by atoms with E-state index in [1.807, 2.05) is 41.5 Å². The second kappa shape index (κ2) is 5.55. The van der Waals surface area contributed by atoms with Gasteiger partial charge in [-0.3, -0.25) is 9.59 Å². The minimum absolute atomic E-state index is 0.135. The molecule has 3 nitrogen and oxygen atoms in total. The molecule has 0 aromatic carbocycles. The quantitative estimate of drug-likeness (QED) is 0.438. The Hall–Kier alpha value is -1.38. The summed E-state index contributed by atoms with van der Waals surface area (Å²) in [6.07, 6.45) is 2.24. The van der Waals surface area contributed by atoms with E-state index in [1.165, 1.54) is 0 Å². The monoisotopic (exact) mass is 278 g/mol. The Morgan fingerprint density at radius 2 is 1.95 bits per heavy atom. The predicted octanol–water partition coefficient (Wildman–Crippen LogP) is 3.84. The van der Waals surface area contributed by atoms with Crippen molar-refractivity contribution in [2.24, 2.45) is 10.8 Å². The molecule has 0 spiro atoms. The van der Waals surface area contributed by atoms with E-state index >= 15 is 0 Å². The highest BCUT2D eigenvalue weighted by Crippen LogP contribution is 2.41. The molecule has 1 saturated carbocycles. The molecule has 0 saturated heterocycles. The smallest absolute Gasteiger partial charge is 0.311 e. The number of Topliss-reactive ketones (excluding diaryl/α,β-unsaturated/α-hetero) is 1. The summed E-state index contributed by atoms with van der Waals surface area (Å²) in [6.45, 7) is 15.1. The van der Waals surface area contributed by atoms with Crippen LogP contribution in [-0.4, -0.2) is 17.9 Å². The molecule has 0 heterocycles. The van der Waals surface area contributed by atoms with E-state index in [-0.39, 0.29) is 17.9 Å². The summed E-state index contributed by atoms with van der Waals surface area (Å²) < 4.78 is 5.69. The van der Waals surface area contributed by atoms with Crippen LogP contribution in [0.15, 0.2) is 23.8 Å². The number of ether oxygens (including phenoxy) is 1. The van der Waals surface area contributed by atoms with E-state index in [0.717, 1.165) is 11.1 Å². The Morgan fingerprint density at radius 1 is 1.40 bits per heavy atom. The van der Waals surface area contributed by atoms with Gasteiger partial charge in [-0.25, -0.2) is 0 Å². The zero-order valence-electron chi connectivity index (χ0n) is 13.5. The van der Waals surface area contributed by atoms with Gasteiger partial charge in [0.05, 0.1) is 5.41 Å². The summed E-state index contributed by atoms with van der Waals surface area (Å²) in [7, 11) is 0. The second-order valence-electron chi connectivity index (χ2n) is 7.14. The molecule has 20 heavy (non-hydrogen) atoms. The van der Waals surface area contributed by atoms with Crippen LogP contribution < -0.4 is 0 Å². The fourth-order valence-corrected chi connectivity index (χ4v) is 2.27. The van der Waals surface area contributed by atoms with Crippen molar-refractivity contribution in [3.05, 3.63) is 23.8 Å². The number of hydrogen-bond donors (Lipinski definition) is 0. The van der Waals surface area contributed by atoms with Crippen molar-refractivity contribution in [3.63, 3.8) is 0 Å². The highest BCUT2D eigenvalue weighted by molar-refractivity contribution is 5.97. The average Bonchev–Trinajstić information content (AvgIpc) is 2.30. The summed E-state index contributed by atoms with van der Waals surface area (Å²) >= 11 is 0. The fraction of sp³-hybridized carbons (Fsp3) is 0.647. The standard InChI is InChI=1S/C17H26O3/c1-8-17(7)10-13(18)12(11(2)3)9-14(17)20-15(19)16(4,5)6/h8,14H,1,9-10H2,2-7H3/t14-,17-/m1/s1. The lowest BCUT2D eigenvalue weighted by Gasteiger charge is -2.40. The molecule has 2 atom stereocenters. The summed E-state index contributed by atoms with van der Waals surface area (Å²) in [5.74, 6) is -0.103. The number of hydrogen-bond acceptors (Lipinski definition) is 3. The molecule has 1 rings (SSSR count). The largest absolute Gasteiger partial charge is 0.461 e. The molecule has 1 aliphatic rings. The number of esters is 1. The van der Waals surface area contributed by atoms with Gasteiger partial charge in [-0.2, -0.15) is 0 Å². The van der Waals surface area contributed by atoms with Crippen molar-refractivity contribution in [2.45, 2.75) is 60.5 Å². The van der Waals surface area contributed by atoms with Crippen LogP contribution in [0.3, 0.4) is 0 Å². The van der Waals surface area contributed by atoms with E-state index in [9.17, 15) is 9.59 Å². The summed E-state index contributed by atoms with van der Waals surface area (Å²) in [5, 5.41) is 0. The Balaban J connectivity index is 3.07. The van der Waals surface area contributed by atoms with Gasteiger partial charge < -0.3 is 4.74 Å². The molecule has 0 N–H and O–H groups in total. The maximum atomic E-state index is 12.2. The normalized spacial score (nSPS) is 27.2. The Morgan fingerprint density at radius 3 is 2.35 bits per heavy atom. The Labute approximate surface area is 122 Å². The van der Waals surface area contributed by atoms with Crippen LogP contribution in [0.2, 0.25) is 0 Å². The van der Waals surface area contributed by atoms with Crippen LogP contribution >= 0.6 is 0 Å². The molecule has 0 aromatic heterocycles. The van der Waals surface area contributed by atoms with Crippen LogP contribution in [0.25, 0.3) is 0 Å². The number of carbonyl (C=O) groups is 2. The first-order chi connectivity index (χ1) is 9.01. The molecule has 112 valence electrons. The van der Waals surface area contributed by atoms with Gasteiger partial charge in [0.15, 0.2) is 5.78 Å². The first-order valence-electron chi connectivity index (χ1n) is 7.05. The molecule has 0 radical (unpaired) electrons. The van der Waals surface area contributed by atoms with Crippen molar-refractivity contribution in [1.29, 1.82) is 0 Å². The van der Waals surface area contributed by atoms with Gasteiger partial charge in [0.25, 0.3) is 0 Å².